The molecule has 2 N–H and O–H groups in total. The zero-order valence-electron chi connectivity index (χ0n) is 9.10. The van der Waals surface area contributed by atoms with Crippen LogP contribution in [0.3, 0.4) is 0 Å². The van der Waals surface area contributed by atoms with E-state index in [1.54, 1.807) is 6.07 Å². The van der Waals surface area contributed by atoms with Crippen LogP contribution in [-0.2, 0) is 0 Å². The first-order valence-corrected chi connectivity index (χ1v) is 5.14. The van der Waals surface area contributed by atoms with Crippen molar-refractivity contribution in [2.45, 2.75) is 6.42 Å². The van der Waals surface area contributed by atoms with E-state index in [-0.39, 0.29) is 5.82 Å². The fraction of sp³-hybridized carbons (Fsp3) is 0.400. The molecule has 6 heteroatoms. The summed E-state index contributed by atoms with van der Waals surface area (Å²) in [6.07, 6.45) is 2.18. The highest BCUT2D eigenvalue weighted by Crippen LogP contribution is 2.10. The molecule has 0 aliphatic rings. The van der Waals surface area contributed by atoms with Crippen LogP contribution < -0.4 is 10.6 Å². The van der Waals surface area contributed by atoms with Crippen LogP contribution in [0.25, 0.3) is 5.65 Å². The van der Waals surface area contributed by atoms with Crippen molar-refractivity contribution in [3.63, 3.8) is 0 Å². The number of fused-ring (bicyclic) bond motifs is 1. The predicted molar refractivity (Wildman–Crippen MR) is 59.9 cm³/mol. The lowest BCUT2D eigenvalue weighted by Crippen LogP contribution is -2.22. The molecular formula is C10H14FN5. The molecule has 0 atom stereocenters. The molecule has 0 aromatic carbocycles. The van der Waals surface area contributed by atoms with Crippen molar-refractivity contribution in [3.8, 4) is 0 Å². The average Bonchev–Trinajstić information content (AvgIpc) is 2.68. The third-order valence-corrected chi connectivity index (χ3v) is 2.32. The third-order valence-electron chi connectivity index (χ3n) is 2.32. The minimum atomic E-state index is -0.325. The van der Waals surface area contributed by atoms with E-state index in [2.05, 4.69) is 10.1 Å². The van der Waals surface area contributed by atoms with Crippen molar-refractivity contribution < 1.29 is 4.39 Å². The first-order chi connectivity index (χ1) is 7.70. The Kier molecular flexibility index (Phi) is 3.00. The highest BCUT2D eigenvalue weighted by Gasteiger charge is 2.08. The summed E-state index contributed by atoms with van der Waals surface area (Å²) >= 11 is 0. The molecule has 16 heavy (non-hydrogen) atoms. The Hall–Kier alpha value is -1.69. The molecule has 2 aromatic heterocycles. The van der Waals surface area contributed by atoms with Gasteiger partial charge in [-0.1, -0.05) is 0 Å². The highest BCUT2D eigenvalue weighted by atomic mass is 19.1. The molecule has 0 unspecified atom stereocenters. The number of rotatable bonds is 4. The maximum absolute atomic E-state index is 12.9. The molecular weight excluding hydrogens is 209 g/mol. The molecule has 5 nitrogen and oxygen atoms in total. The second kappa shape index (κ2) is 4.44. The maximum atomic E-state index is 12.9. The Morgan fingerprint density at radius 1 is 1.50 bits per heavy atom. The van der Waals surface area contributed by atoms with Crippen molar-refractivity contribution in [2.24, 2.45) is 5.73 Å². The number of anilines is 1. The Morgan fingerprint density at radius 3 is 3.06 bits per heavy atom. The Balaban J connectivity index is 2.25. The van der Waals surface area contributed by atoms with Gasteiger partial charge in [0, 0.05) is 13.6 Å². The van der Waals surface area contributed by atoms with Gasteiger partial charge in [0.15, 0.2) is 5.65 Å². The van der Waals surface area contributed by atoms with E-state index >= 15 is 0 Å². The number of hydrogen-bond donors (Lipinski definition) is 1. The van der Waals surface area contributed by atoms with Gasteiger partial charge in [-0.25, -0.2) is 8.91 Å². The lowest BCUT2D eigenvalue weighted by Gasteiger charge is -2.12. The average molecular weight is 223 g/mol. The summed E-state index contributed by atoms with van der Waals surface area (Å²) in [5.74, 6) is 0.257. The summed E-state index contributed by atoms with van der Waals surface area (Å²) in [6.45, 7) is 1.42. The smallest absolute Gasteiger partial charge is 0.245 e. The molecule has 0 amide bonds. The Morgan fingerprint density at radius 2 is 2.31 bits per heavy atom. The number of halogens is 1. The van der Waals surface area contributed by atoms with Crippen molar-refractivity contribution >= 4 is 11.6 Å². The van der Waals surface area contributed by atoms with Crippen LogP contribution in [0, 0.1) is 5.82 Å². The largest absolute Gasteiger partial charge is 0.343 e. The van der Waals surface area contributed by atoms with Crippen molar-refractivity contribution in [2.75, 3.05) is 25.0 Å². The van der Waals surface area contributed by atoms with Gasteiger partial charge in [-0.15, -0.1) is 5.10 Å². The molecule has 0 spiro atoms. The van der Waals surface area contributed by atoms with E-state index in [1.807, 2.05) is 11.9 Å². The lowest BCUT2D eigenvalue weighted by molar-refractivity contribution is 0.614. The topological polar surface area (TPSA) is 59.5 Å². The quantitative estimate of drug-likeness (QED) is 0.827. The molecule has 0 fully saturated rings. The summed E-state index contributed by atoms with van der Waals surface area (Å²) in [5.41, 5.74) is 6.06. The third kappa shape index (κ3) is 2.11. The zero-order chi connectivity index (χ0) is 11.5. The zero-order valence-corrected chi connectivity index (χ0v) is 9.10. The molecule has 2 aromatic rings. The summed E-state index contributed by atoms with van der Waals surface area (Å²) in [4.78, 5) is 6.18. The minimum Gasteiger partial charge on any atom is -0.343 e. The fourth-order valence-electron chi connectivity index (χ4n) is 1.44. The van der Waals surface area contributed by atoms with Crippen LogP contribution in [0.4, 0.5) is 10.3 Å². The molecule has 0 aliphatic heterocycles. The van der Waals surface area contributed by atoms with Gasteiger partial charge in [0.1, 0.15) is 5.82 Å². The van der Waals surface area contributed by atoms with Gasteiger partial charge in [0.2, 0.25) is 5.95 Å². The number of nitrogens with two attached hydrogens (primary N) is 1. The molecule has 0 saturated carbocycles. The van der Waals surface area contributed by atoms with Gasteiger partial charge in [0.05, 0.1) is 6.20 Å². The lowest BCUT2D eigenvalue weighted by atomic mass is 10.4. The molecule has 0 bridgehead atoms. The first-order valence-electron chi connectivity index (χ1n) is 5.14. The second-order valence-corrected chi connectivity index (χ2v) is 3.63. The summed E-state index contributed by atoms with van der Waals surface area (Å²) in [7, 11) is 1.89. The van der Waals surface area contributed by atoms with E-state index < -0.39 is 0 Å². The van der Waals surface area contributed by atoms with Crippen LogP contribution in [0.15, 0.2) is 18.3 Å². The Bertz CT molecular complexity index is 481. The molecule has 2 heterocycles. The van der Waals surface area contributed by atoms with Crippen LogP contribution in [-0.4, -0.2) is 34.7 Å². The van der Waals surface area contributed by atoms with Crippen molar-refractivity contribution in [1.29, 1.82) is 0 Å². The van der Waals surface area contributed by atoms with Crippen molar-refractivity contribution in [1.82, 2.24) is 14.6 Å². The van der Waals surface area contributed by atoms with Crippen LogP contribution >= 0.6 is 0 Å². The number of pyridine rings is 1. The SMILES string of the molecule is CN(CCCN)c1nc2ccc(F)cn2n1. The number of hydrogen-bond acceptors (Lipinski definition) is 4. The fourth-order valence-corrected chi connectivity index (χ4v) is 1.44. The van der Waals surface area contributed by atoms with Gasteiger partial charge in [-0.3, -0.25) is 0 Å². The number of aromatic nitrogens is 3. The maximum Gasteiger partial charge on any atom is 0.245 e. The van der Waals surface area contributed by atoms with Crippen LogP contribution in [0.5, 0.6) is 0 Å². The van der Waals surface area contributed by atoms with Crippen LogP contribution in [0.2, 0.25) is 0 Å². The van der Waals surface area contributed by atoms with E-state index in [1.165, 1.54) is 16.8 Å². The molecule has 2 rings (SSSR count). The van der Waals surface area contributed by atoms with Gasteiger partial charge in [0.25, 0.3) is 0 Å². The molecule has 86 valence electrons. The standard InChI is InChI=1S/C10H14FN5/c1-15(6-2-5-12)10-13-9-4-3-8(11)7-16(9)14-10/h3-4,7H,2,5-6,12H2,1H3. The van der Waals surface area contributed by atoms with E-state index in [0.717, 1.165) is 13.0 Å². The van der Waals surface area contributed by atoms with E-state index in [0.29, 0.717) is 18.1 Å². The number of nitrogens with zero attached hydrogens (tertiary/aromatic N) is 4. The minimum absolute atomic E-state index is 0.325. The van der Waals surface area contributed by atoms with Gasteiger partial charge < -0.3 is 10.6 Å². The first kappa shape index (κ1) is 10.8. The van der Waals surface area contributed by atoms with E-state index in [4.69, 9.17) is 5.73 Å². The van der Waals surface area contributed by atoms with Crippen LogP contribution in [0.1, 0.15) is 6.42 Å². The summed E-state index contributed by atoms with van der Waals surface area (Å²) in [5, 5.41) is 4.18. The van der Waals surface area contributed by atoms with Gasteiger partial charge in [-0.2, -0.15) is 4.98 Å². The monoisotopic (exact) mass is 223 g/mol. The predicted octanol–water partition coefficient (Wildman–Crippen LogP) is 0.653. The van der Waals surface area contributed by atoms with Gasteiger partial charge in [-0.05, 0) is 25.1 Å². The van der Waals surface area contributed by atoms with E-state index in [9.17, 15) is 4.39 Å². The normalized spacial score (nSPS) is 10.9. The summed E-state index contributed by atoms with van der Waals surface area (Å²) in [6, 6.07) is 2.97. The Labute approximate surface area is 92.7 Å². The highest BCUT2D eigenvalue weighted by molar-refractivity contribution is 5.44. The second-order valence-electron chi connectivity index (χ2n) is 3.63. The summed E-state index contributed by atoms with van der Waals surface area (Å²) < 4.78 is 14.4. The molecule has 0 radical (unpaired) electrons. The molecule has 0 aliphatic carbocycles. The van der Waals surface area contributed by atoms with Crippen molar-refractivity contribution in [3.05, 3.63) is 24.1 Å². The molecule has 0 saturated heterocycles. The van der Waals surface area contributed by atoms with Gasteiger partial charge >= 0.3 is 0 Å².